The molecule has 1 saturated carbocycles. The molecule has 25 heavy (non-hydrogen) atoms. The summed E-state index contributed by atoms with van der Waals surface area (Å²) in [6.45, 7) is 0.516. The SMILES string of the molecule is O=C(NCCc1ccc(F)cc1)C1(c2cc(-c3cccs3)on2)CC1. The van der Waals surface area contributed by atoms with Gasteiger partial charge in [0.15, 0.2) is 5.76 Å². The summed E-state index contributed by atoms with van der Waals surface area (Å²) >= 11 is 1.58. The molecule has 2 heterocycles. The van der Waals surface area contributed by atoms with Crippen LogP contribution in [0.1, 0.15) is 24.1 Å². The molecule has 0 aliphatic heterocycles. The van der Waals surface area contributed by atoms with E-state index in [-0.39, 0.29) is 11.7 Å². The van der Waals surface area contributed by atoms with Crippen LogP contribution in [0.4, 0.5) is 4.39 Å². The van der Waals surface area contributed by atoms with Crippen LogP contribution in [0.5, 0.6) is 0 Å². The lowest BCUT2D eigenvalue weighted by Crippen LogP contribution is -2.36. The van der Waals surface area contributed by atoms with Gasteiger partial charge in [-0.15, -0.1) is 11.3 Å². The van der Waals surface area contributed by atoms with E-state index < -0.39 is 5.41 Å². The number of hydrogen-bond acceptors (Lipinski definition) is 4. The van der Waals surface area contributed by atoms with Crippen LogP contribution in [0.15, 0.2) is 52.4 Å². The first kappa shape index (κ1) is 16.0. The van der Waals surface area contributed by atoms with E-state index in [0.717, 1.165) is 23.3 Å². The molecule has 1 fully saturated rings. The highest BCUT2D eigenvalue weighted by molar-refractivity contribution is 7.13. The van der Waals surface area contributed by atoms with Gasteiger partial charge in [0.1, 0.15) is 5.82 Å². The van der Waals surface area contributed by atoms with Crippen molar-refractivity contribution in [2.45, 2.75) is 24.7 Å². The Morgan fingerprint density at radius 1 is 1.28 bits per heavy atom. The summed E-state index contributed by atoms with van der Waals surface area (Å²) in [4.78, 5) is 13.6. The van der Waals surface area contributed by atoms with Gasteiger partial charge in [0.05, 0.1) is 16.0 Å². The lowest BCUT2D eigenvalue weighted by molar-refractivity contribution is -0.123. The van der Waals surface area contributed by atoms with Crippen LogP contribution in [0.25, 0.3) is 10.6 Å². The summed E-state index contributed by atoms with van der Waals surface area (Å²) in [5.74, 6) is 0.438. The summed E-state index contributed by atoms with van der Waals surface area (Å²) in [7, 11) is 0. The molecule has 0 saturated heterocycles. The van der Waals surface area contributed by atoms with Crippen molar-refractivity contribution in [1.82, 2.24) is 10.5 Å². The second kappa shape index (κ2) is 6.44. The Balaban J connectivity index is 1.39. The maximum absolute atomic E-state index is 12.9. The van der Waals surface area contributed by atoms with Crippen molar-refractivity contribution in [3.05, 3.63) is 64.9 Å². The van der Waals surface area contributed by atoms with E-state index in [1.165, 1.54) is 12.1 Å². The highest BCUT2D eigenvalue weighted by Crippen LogP contribution is 2.48. The predicted molar refractivity (Wildman–Crippen MR) is 93.8 cm³/mol. The highest BCUT2D eigenvalue weighted by atomic mass is 32.1. The zero-order valence-electron chi connectivity index (χ0n) is 13.5. The number of benzene rings is 1. The third-order valence-electron chi connectivity index (χ3n) is 4.56. The number of rotatable bonds is 6. The Hall–Kier alpha value is -2.47. The first-order valence-electron chi connectivity index (χ1n) is 8.21. The van der Waals surface area contributed by atoms with Crippen LogP contribution in [-0.2, 0) is 16.6 Å². The third kappa shape index (κ3) is 3.22. The molecular formula is C19H17FN2O2S. The minimum Gasteiger partial charge on any atom is -0.355 e. The molecule has 1 aromatic carbocycles. The predicted octanol–water partition coefficient (Wildman–Crippen LogP) is 3.93. The molecule has 0 bridgehead atoms. The van der Waals surface area contributed by atoms with Crippen LogP contribution in [-0.4, -0.2) is 17.6 Å². The second-order valence-electron chi connectivity index (χ2n) is 6.27. The Bertz CT molecular complexity index is 867. The van der Waals surface area contributed by atoms with Crippen LogP contribution >= 0.6 is 11.3 Å². The maximum atomic E-state index is 12.9. The van der Waals surface area contributed by atoms with Crippen LogP contribution < -0.4 is 5.32 Å². The average Bonchev–Trinajstić information content (AvgIpc) is 3.03. The number of hydrogen-bond donors (Lipinski definition) is 1. The Morgan fingerprint density at radius 3 is 2.76 bits per heavy atom. The van der Waals surface area contributed by atoms with Crippen molar-refractivity contribution in [2.75, 3.05) is 6.54 Å². The zero-order chi connectivity index (χ0) is 17.3. The molecule has 1 amide bonds. The van der Waals surface area contributed by atoms with E-state index >= 15 is 0 Å². The fraction of sp³-hybridized carbons (Fsp3) is 0.263. The number of nitrogens with one attached hydrogen (secondary N) is 1. The van der Waals surface area contributed by atoms with E-state index in [9.17, 15) is 9.18 Å². The second-order valence-corrected chi connectivity index (χ2v) is 7.22. The van der Waals surface area contributed by atoms with Crippen molar-refractivity contribution in [3.8, 4) is 10.6 Å². The molecule has 0 atom stereocenters. The number of carbonyl (C=O) groups is 1. The van der Waals surface area contributed by atoms with Gasteiger partial charge in [0.2, 0.25) is 5.91 Å². The standard InChI is InChI=1S/C19H17FN2O2S/c20-14-5-3-13(4-6-14)7-10-21-18(23)19(8-9-19)17-12-15(24-22-17)16-2-1-11-25-16/h1-6,11-12H,7-10H2,(H,21,23). The topological polar surface area (TPSA) is 55.1 Å². The lowest BCUT2D eigenvalue weighted by Gasteiger charge is -2.12. The molecule has 0 unspecified atom stereocenters. The van der Waals surface area contributed by atoms with Gasteiger partial charge >= 0.3 is 0 Å². The molecule has 2 aromatic heterocycles. The Labute approximate surface area is 148 Å². The van der Waals surface area contributed by atoms with E-state index in [4.69, 9.17) is 4.52 Å². The maximum Gasteiger partial charge on any atom is 0.232 e. The van der Waals surface area contributed by atoms with Gasteiger partial charge in [-0.1, -0.05) is 23.4 Å². The van der Waals surface area contributed by atoms with Gasteiger partial charge in [-0.25, -0.2) is 4.39 Å². The fourth-order valence-electron chi connectivity index (χ4n) is 2.90. The molecule has 0 radical (unpaired) electrons. The van der Waals surface area contributed by atoms with Gasteiger partial charge in [-0.2, -0.15) is 0 Å². The van der Waals surface area contributed by atoms with Crippen molar-refractivity contribution in [1.29, 1.82) is 0 Å². The van der Waals surface area contributed by atoms with E-state index in [1.807, 2.05) is 23.6 Å². The van der Waals surface area contributed by atoms with Gasteiger partial charge in [0, 0.05) is 12.6 Å². The number of nitrogens with zero attached hydrogens (tertiary/aromatic N) is 1. The molecule has 1 N–H and O–H groups in total. The van der Waals surface area contributed by atoms with Crippen molar-refractivity contribution < 1.29 is 13.7 Å². The largest absolute Gasteiger partial charge is 0.355 e. The molecule has 3 aromatic rings. The van der Waals surface area contributed by atoms with E-state index in [1.54, 1.807) is 23.5 Å². The fourth-order valence-corrected chi connectivity index (χ4v) is 3.57. The van der Waals surface area contributed by atoms with Crippen LogP contribution in [0.2, 0.25) is 0 Å². The molecule has 4 nitrogen and oxygen atoms in total. The lowest BCUT2D eigenvalue weighted by atomic mass is 10.0. The zero-order valence-corrected chi connectivity index (χ0v) is 14.3. The normalized spacial score (nSPS) is 15.1. The molecule has 1 aliphatic rings. The quantitative estimate of drug-likeness (QED) is 0.728. The van der Waals surface area contributed by atoms with Gasteiger partial charge < -0.3 is 9.84 Å². The highest BCUT2D eigenvalue weighted by Gasteiger charge is 2.53. The van der Waals surface area contributed by atoms with Crippen molar-refractivity contribution in [3.63, 3.8) is 0 Å². The number of halogens is 1. The smallest absolute Gasteiger partial charge is 0.232 e. The first-order chi connectivity index (χ1) is 12.2. The van der Waals surface area contributed by atoms with Gasteiger partial charge in [-0.05, 0) is 48.4 Å². The van der Waals surface area contributed by atoms with E-state index in [0.29, 0.717) is 24.4 Å². The van der Waals surface area contributed by atoms with Crippen molar-refractivity contribution >= 4 is 17.2 Å². The molecule has 4 rings (SSSR count). The molecule has 128 valence electrons. The first-order valence-corrected chi connectivity index (χ1v) is 9.09. The van der Waals surface area contributed by atoms with Crippen LogP contribution in [0.3, 0.4) is 0 Å². The number of thiophene rings is 1. The summed E-state index contributed by atoms with van der Waals surface area (Å²) < 4.78 is 18.3. The molecule has 1 aliphatic carbocycles. The summed E-state index contributed by atoms with van der Waals surface area (Å²) in [5, 5.41) is 9.09. The number of amides is 1. The minimum atomic E-state index is -0.554. The summed E-state index contributed by atoms with van der Waals surface area (Å²) in [5.41, 5.74) is 1.14. The number of aromatic nitrogens is 1. The molecule has 6 heteroatoms. The monoisotopic (exact) mass is 356 g/mol. The third-order valence-corrected chi connectivity index (χ3v) is 5.45. The summed E-state index contributed by atoms with van der Waals surface area (Å²) in [6.07, 6.45) is 2.24. The molecule has 0 spiro atoms. The van der Waals surface area contributed by atoms with E-state index in [2.05, 4.69) is 10.5 Å². The van der Waals surface area contributed by atoms with Crippen molar-refractivity contribution in [2.24, 2.45) is 0 Å². The minimum absolute atomic E-state index is 0.0133. The Morgan fingerprint density at radius 2 is 2.08 bits per heavy atom. The molecular weight excluding hydrogens is 339 g/mol. The van der Waals surface area contributed by atoms with Gasteiger partial charge in [-0.3, -0.25) is 4.79 Å². The number of carbonyl (C=O) groups excluding carboxylic acids is 1. The summed E-state index contributed by atoms with van der Waals surface area (Å²) in [6, 6.07) is 12.1. The average molecular weight is 356 g/mol. The Kier molecular flexibility index (Phi) is 4.13. The van der Waals surface area contributed by atoms with Gasteiger partial charge in [0.25, 0.3) is 0 Å². The van der Waals surface area contributed by atoms with Crippen LogP contribution in [0, 0.1) is 5.82 Å².